The molecule has 14 heteroatoms. The fraction of sp³-hybridized carbons (Fsp3) is 0.440. The Hall–Kier alpha value is -2.21. The van der Waals surface area contributed by atoms with Gasteiger partial charge >= 0.3 is 6.18 Å². The van der Waals surface area contributed by atoms with Crippen LogP contribution < -0.4 is 9.62 Å². The van der Waals surface area contributed by atoms with Crippen LogP contribution in [0.2, 0.25) is 15.1 Å². The molecule has 0 bridgehead atoms. The molecule has 0 fully saturated rings. The van der Waals surface area contributed by atoms with Crippen LogP contribution in [0.25, 0.3) is 0 Å². The molecule has 39 heavy (non-hydrogen) atoms. The Bertz CT molecular complexity index is 1310. The summed E-state index contributed by atoms with van der Waals surface area (Å²) in [6.07, 6.45) is -3.94. The monoisotopic (exact) mass is 629 g/mol. The molecule has 0 saturated heterocycles. The van der Waals surface area contributed by atoms with E-state index in [0.717, 1.165) is 23.3 Å². The molecule has 0 spiro atoms. The Morgan fingerprint density at radius 1 is 1.03 bits per heavy atom. The summed E-state index contributed by atoms with van der Waals surface area (Å²) in [5.41, 5.74) is -1.24. The van der Waals surface area contributed by atoms with Crippen LogP contribution >= 0.6 is 34.8 Å². The Balaban J connectivity index is 2.54. The zero-order chi connectivity index (χ0) is 29.7. The Morgan fingerprint density at radius 3 is 2.18 bits per heavy atom. The van der Waals surface area contributed by atoms with Gasteiger partial charge in [-0.05, 0) is 48.2 Å². The first-order chi connectivity index (χ1) is 17.9. The molecule has 0 saturated carbocycles. The molecule has 2 aromatic carbocycles. The van der Waals surface area contributed by atoms with Gasteiger partial charge in [-0.1, -0.05) is 61.6 Å². The van der Waals surface area contributed by atoms with Gasteiger partial charge in [0, 0.05) is 23.1 Å². The minimum Gasteiger partial charge on any atom is -0.354 e. The lowest BCUT2D eigenvalue weighted by molar-refractivity contribution is -0.140. The van der Waals surface area contributed by atoms with Gasteiger partial charge in [0.15, 0.2) is 0 Å². The Morgan fingerprint density at radius 2 is 1.67 bits per heavy atom. The summed E-state index contributed by atoms with van der Waals surface area (Å²) < 4.78 is 66.3. The highest BCUT2D eigenvalue weighted by Crippen LogP contribution is 2.37. The lowest BCUT2D eigenvalue weighted by atomic mass is 10.1. The van der Waals surface area contributed by atoms with Crippen LogP contribution in [-0.2, 0) is 32.3 Å². The number of hydrogen-bond donors (Lipinski definition) is 1. The number of rotatable bonds is 11. The van der Waals surface area contributed by atoms with E-state index in [1.165, 1.54) is 6.07 Å². The first-order valence-corrected chi connectivity index (χ1v) is 14.8. The maximum absolute atomic E-state index is 13.7. The molecule has 216 valence electrons. The molecule has 0 heterocycles. The van der Waals surface area contributed by atoms with Crippen LogP contribution in [0, 0.1) is 5.92 Å². The van der Waals surface area contributed by atoms with Crippen molar-refractivity contribution in [2.24, 2.45) is 5.92 Å². The standard InChI is InChI=1S/C25H29Cl3F3N3O4S/c1-5-22(24(36)32-12-15(2)3)33(13-16-6-7-17(26)10-21(16)28)23(35)14-34(39(4,37)38)18-8-9-20(27)19(11-18)25(29,30)31/h6-11,15,22H,5,12-14H2,1-4H3,(H,32,36)/t22-/m0/s1. The smallest absolute Gasteiger partial charge is 0.354 e. The highest BCUT2D eigenvalue weighted by atomic mass is 35.5. The largest absolute Gasteiger partial charge is 0.417 e. The Labute approximate surface area is 241 Å². The molecule has 2 amide bonds. The van der Waals surface area contributed by atoms with Gasteiger partial charge < -0.3 is 10.2 Å². The molecule has 1 atom stereocenters. The van der Waals surface area contributed by atoms with E-state index in [1.807, 2.05) is 13.8 Å². The lowest BCUT2D eigenvalue weighted by Crippen LogP contribution is -2.52. The predicted molar refractivity (Wildman–Crippen MR) is 148 cm³/mol. The number of halogens is 6. The third-order valence-corrected chi connectivity index (χ3v) is 7.71. The summed E-state index contributed by atoms with van der Waals surface area (Å²) in [6, 6.07) is 6.06. The maximum atomic E-state index is 13.7. The summed E-state index contributed by atoms with van der Waals surface area (Å²) in [7, 11) is -4.25. The Kier molecular flexibility index (Phi) is 11.4. The van der Waals surface area contributed by atoms with E-state index in [4.69, 9.17) is 34.8 Å². The first kappa shape index (κ1) is 33.0. The number of carbonyl (C=O) groups is 2. The second kappa shape index (κ2) is 13.4. The molecule has 0 aliphatic rings. The van der Waals surface area contributed by atoms with Gasteiger partial charge in [0.05, 0.1) is 22.5 Å². The molecule has 0 radical (unpaired) electrons. The van der Waals surface area contributed by atoms with Gasteiger partial charge in [0.1, 0.15) is 12.6 Å². The van der Waals surface area contributed by atoms with E-state index in [-0.39, 0.29) is 23.9 Å². The van der Waals surface area contributed by atoms with E-state index in [0.29, 0.717) is 27.5 Å². The van der Waals surface area contributed by atoms with Gasteiger partial charge in [-0.2, -0.15) is 13.2 Å². The van der Waals surface area contributed by atoms with Crippen LogP contribution in [-0.4, -0.2) is 50.5 Å². The number of sulfonamides is 1. The number of amides is 2. The van der Waals surface area contributed by atoms with Crippen molar-refractivity contribution in [3.63, 3.8) is 0 Å². The molecule has 0 aliphatic carbocycles. The predicted octanol–water partition coefficient (Wildman–Crippen LogP) is 6.01. The third-order valence-electron chi connectivity index (χ3n) is 5.65. The second-order valence-electron chi connectivity index (χ2n) is 9.25. The minimum atomic E-state index is -4.86. The summed E-state index contributed by atoms with van der Waals surface area (Å²) in [6.45, 7) is 4.73. The third kappa shape index (κ3) is 9.16. The normalized spacial score (nSPS) is 12.8. The van der Waals surface area contributed by atoms with Gasteiger partial charge in [0.2, 0.25) is 21.8 Å². The SMILES string of the molecule is CC[C@@H](C(=O)NCC(C)C)N(Cc1ccc(Cl)cc1Cl)C(=O)CN(c1ccc(Cl)c(C(F)(F)F)c1)S(C)(=O)=O. The zero-order valence-corrected chi connectivity index (χ0v) is 24.7. The molecular formula is C25H29Cl3F3N3O4S. The van der Waals surface area contributed by atoms with Gasteiger partial charge in [-0.15, -0.1) is 0 Å². The van der Waals surface area contributed by atoms with Crippen LogP contribution in [0.1, 0.15) is 38.3 Å². The highest BCUT2D eigenvalue weighted by Gasteiger charge is 2.36. The quantitative estimate of drug-likeness (QED) is 0.330. The summed E-state index contributed by atoms with van der Waals surface area (Å²) >= 11 is 18.0. The number of benzene rings is 2. The van der Waals surface area contributed by atoms with Gasteiger partial charge in [-0.3, -0.25) is 13.9 Å². The van der Waals surface area contributed by atoms with Crippen molar-refractivity contribution in [2.45, 2.75) is 46.0 Å². The molecular weight excluding hydrogens is 602 g/mol. The lowest BCUT2D eigenvalue weighted by Gasteiger charge is -2.33. The van der Waals surface area contributed by atoms with E-state index in [2.05, 4.69) is 5.32 Å². The summed E-state index contributed by atoms with van der Waals surface area (Å²) in [5, 5.41) is 2.69. The van der Waals surface area contributed by atoms with E-state index >= 15 is 0 Å². The second-order valence-corrected chi connectivity index (χ2v) is 12.4. The molecule has 0 unspecified atom stereocenters. The average Bonchev–Trinajstić information content (AvgIpc) is 2.81. The molecule has 1 N–H and O–H groups in total. The number of hydrogen-bond acceptors (Lipinski definition) is 4. The van der Waals surface area contributed by atoms with Crippen molar-refractivity contribution in [1.29, 1.82) is 0 Å². The van der Waals surface area contributed by atoms with Crippen LogP contribution in [0.5, 0.6) is 0 Å². The van der Waals surface area contributed by atoms with Crippen molar-refractivity contribution < 1.29 is 31.2 Å². The van der Waals surface area contributed by atoms with E-state index < -0.39 is 56.9 Å². The summed E-state index contributed by atoms with van der Waals surface area (Å²) in [5.74, 6) is -1.18. The van der Waals surface area contributed by atoms with E-state index in [1.54, 1.807) is 19.1 Å². The number of alkyl halides is 3. The first-order valence-electron chi connectivity index (χ1n) is 11.8. The van der Waals surface area contributed by atoms with Crippen molar-refractivity contribution in [3.8, 4) is 0 Å². The molecule has 2 rings (SSSR count). The fourth-order valence-corrected chi connectivity index (χ4v) is 5.21. The summed E-state index contributed by atoms with van der Waals surface area (Å²) in [4.78, 5) is 27.9. The van der Waals surface area contributed by atoms with Crippen molar-refractivity contribution in [1.82, 2.24) is 10.2 Å². The van der Waals surface area contributed by atoms with Gasteiger partial charge in [-0.25, -0.2) is 8.42 Å². The molecule has 2 aromatic rings. The molecule has 7 nitrogen and oxygen atoms in total. The van der Waals surface area contributed by atoms with Crippen molar-refractivity contribution in [2.75, 3.05) is 23.7 Å². The number of nitrogens with one attached hydrogen (secondary N) is 1. The number of carbonyl (C=O) groups excluding carboxylic acids is 2. The van der Waals surface area contributed by atoms with Crippen LogP contribution in [0.4, 0.5) is 18.9 Å². The van der Waals surface area contributed by atoms with Crippen molar-refractivity contribution in [3.05, 3.63) is 62.6 Å². The topological polar surface area (TPSA) is 86.8 Å². The molecule has 0 aliphatic heterocycles. The average molecular weight is 631 g/mol. The van der Waals surface area contributed by atoms with Crippen LogP contribution in [0.15, 0.2) is 36.4 Å². The van der Waals surface area contributed by atoms with Crippen molar-refractivity contribution >= 4 is 62.3 Å². The number of anilines is 1. The molecule has 0 aromatic heterocycles. The minimum absolute atomic E-state index is 0.120. The highest BCUT2D eigenvalue weighted by molar-refractivity contribution is 7.92. The number of nitrogens with zero attached hydrogens (tertiary/aromatic N) is 2. The van der Waals surface area contributed by atoms with E-state index in [9.17, 15) is 31.2 Å². The fourth-order valence-electron chi connectivity index (χ4n) is 3.67. The van der Waals surface area contributed by atoms with Gasteiger partial charge in [0.25, 0.3) is 0 Å². The maximum Gasteiger partial charge on any atom is 0.417 e. The zero-order valence-electron chi connectivity index (χ0n) is 21.7. The van der Waals surface area contributed by atoms with Crippen LogP contribution in [0.3, 0.4) is 0 Å².